The number of para-hydroxylation sites is 1. The summed E-state index contributed by atoms with van der Waals surface area (Å²) in [6.07, 6.45) is 3.74. The number of halogens is 1. The molecule has 2 aromatic rings. The van der Waals surface area contributed by atoms with Gasteiger partial charge in [0.25, 0.3) is 0 Å². The maximum Gasteiger partial charge on any atom is 0.147 e. The van der Waals surface area contributed by atoms with Gasteiger partial charge in [0.15, 0.2) is 0 Å². The van der Waals surface area contributed by atoms with Crippen molar-refractivity contribution in [3.05, 3.63) is 24.0 Å². The van der Waals surface area contributed by atoms with Crippen LogP contribution in [-0.2, 0) is 12.4 Å². The Morgan fingerprint density at radius 2 is 2.24 bits per heavy atom. The van der Waals surface area contributed by atoms with Crippen LogP contribution < -0.4 is 4.74 Å². The number of hydrogen-bond donors (Lipinski definition) is 0. The molecule has 1 fully saturated rings. The van der Waals surface area contributed by atoms with Crippen molar-refractivity contribution in [1.29, 1.82) is 0 Å². The first-order chi connectivity index (χ1) is 10.2. The lowest BCUT2D eigenvalue weighted by Crippen LogP contribution is -2.11. The van der Waals surface area contributed by atoms with Crippen LogP contribution in [0.2, 0.25) is 0 Å². The summed E-state index contributed by atoms with van der Waals surface area (Å²) in [5, 5.41) is 0. The number of rotatable bonds is 7. The van der Waals surface area contributed by atoms with E-state index >= 15 is 0 Å². The number of nitrogens with zero attached hydrogens (tertiary/aromatic N) is 2. The highest BCUT2D eigenvalue weighted by Gasteiger charge is 2.29. The van der Waals surface area contributed by atoms with E-state index in [9.17, 15) is 0 Å². The molecule has 1 aliphatic rings. The van der Waals surface area contributed by atoms with Crippen LogP contribution in [0.25, 0.3) is 11.0 Å². The van der Waals surface area contributed by atoms with Crippen molar-refractivity contribution in [2.45, 2.75) is 45.5 Å². The standard InChI is InChI=1S/C17H23ClN2O/c1-3-9-21-15-6-4-5-14-17(15)19-16(10-18)20(14)11-12(2)13-7-8-13/h4-6,12-13H,3,7-11H2,1-2H3. The van der Waals surface area contributed by atoms with E-state index in [1.165, 1.54) is 12.8 Å². The molecule has 0 aliphatic heterocycles. The maximum atomic E-state index is 6.11. The van der Waals surface area contributed by atoms with Gasteiger partial charge in [-0.3, -0.25) is 0 Å². The molecule has 1 saturated carbocycles. The summed E-state index contributed by atoms with van der Waals surface area (Å²) >= 11 is 6.11. The van der Waals surface area contributed by atoms with Crippen LogP contribution >= 0.6 is 11.6 Å². The molecule has 1 aromatic carbocycles. The summed E-state index contributed by atoms with van der Waals surface area (Å²) < 4.78 is 8.11. The number of ether oxygens (including phenoxy) is 1. The number of aromatic nitrogens is 2. The molecule has 21 heavy (non-hydrogen) atoms. The molecule has 0 radical (unpaired) electrons. The molecule has 1 aliphatic carbocycles. The monoisotopic (exact) mass is 306 g/mol. The SMILES string of the molecule is CCCOc1cccc2c1nc(CCl)n2CC(C)C1CC1. The van der Waals surface area contributed by atoms with Gasteiger partial charge in [0, 0.05) is 6.54 Å². The third kappa shape index (κ3) is 3.03. The largest absolute Gasteiger partial charge is 0.491 e. The number of alkyl halides is 1. The normalized spacial score (nSPS) is 16.3. The van der Waals surface area contributed by atoms with Crippen LogP contribution in [0.5, 0.6) is 5.75 Å². The van der Waals surface area contributed by atoms with Crippen LogP contribution in [0.3, 0.4) is 0 Å². The van der Waals surface area contributed by atoms with E-state index in [2.05, 4.69) is 24.5 Å². The van der Waals surface area contributed by atoms with E-state index in [1.54, 1.807) is 0 Å². The van der Waals surface area contributed by atoms with Gasteiger partial charge in [-0.25, -0.2) is 4.98 Å². The molecule has 0 saturated heterocycles. The first-order valence-corrected chi connectivity index (χ1v) is 8.45. The average molecular weight is 307 g/mol. The van der Waals surface area contributed by atoms with Gasteiger partial charge in [0.05, 0.1) is 18.0 Å². The fraction of sp³-hybridized carbons (Fsp3) is 0.588. The summed E-state index contributed by atoms with van der Waals surface area (Å²) in [4.78, 5) is 4.72. The van der Waals surface area contributed by atoms with Crippen molar-refractivity contribution < 1.29 is 4.74 Å². The number of benzene rings is 1. The van der Waals surface area contributed by atoms with E-state index in [0.717, 1.165) is 48.1 Å². The highest BCUT2D eigenvalue weighted by atomic mass is 35.5. The summed E-state index contributed by atoms with van der Waals surface area (Å²) in [6, 6.07) is 6.17. The molecule has 3 nitrogen and oxygen atoms in total. The van der Waals surface area contributed by atoms with Gasteiger partial charge < -0.3 is 9.30 Å². The van der Waals surface area contributed by atoms with E-state index in [4.69, 9.17) is 21.3 Å². The molecule has 1 atom stereocenters. The van der Waals surface area contributed by atoms with Crippen molar-refractivity contribution in [2.75, 3.05) is 6.61 Å². The van der Waals surface area contributed by atoms with Gasteiger partial charge >= 0.3 is 0 Å². The van der Waals surface area contributed by atoms with Gasteiger partial charge in [-0.1, -0.05) is 19.9 Å². The second kappa shape index (κ2) is 6.27. The van der Waals surface area contributed by atoms with Crippen LogP contribution in [-0.4, -0.2) is 16.2 Å². The summed E-state index contributed by atoms with van der Waals surface area (Å²) in [5.41, 5.74) is 2.09. The van der Waals surface area contributed by atoms with Gasteiger partial charge in [0.1, 0.15) is 17.1 Å². The van der Waals surface area contributed by atoms with Crippen LogP contribution in [0.15, 0.2) is 18.2 Å². The summed E-state index contributed by atoms with van der Waals surface area (Å²) in [7, 11) is 0. The lowest BCUT2D eigenvalue weighted by Gasteiger charge is -2.14. The highest BCUT2D eigenvalue weighted by molar-refractivity contribution is 6.16. The third-order valence-electron chi connectivity index (χ3n) is 4.30. The van der Waals surface area contributed by atoms with Gasteiger partial charge in [-0.15, -0.1) is 11.6 Å². The highest BCUT2D eigenvalue weighted by Crippen LogP contribution is 2.38. The van der Waals surface area contributed by atoms with Gasteiger partial charge in [-0.2, -0.15) is 0 Å². The van der Waals surface area contributed by atoms with E-state index < -0.39 is 0 Å². The summed E-state index contributed by atoms with van der Waals surface area (Å²) in [6.45, 7) is 6.17. The number of hydrogen-bond acceptors (Lipinski definition) is 2. The third-order valence-corrected chi connectivity index (χ3v) is 4.54. The van der Waals surface area contributed by atoms with E-state index in [0.29, 0.717) is 11.8 Å². The first kappa shape index (κ1) is 14.7. The fourth-order valence-corrected chi connectivity index (χ4v) is 3.11. The Labute approximate surface area is 131 Å². The molecule has 0 bridgehead atoms. The Bertz CT molecular complexity index is 619. The van der Waals surface area contributed by atoms with E-state index in [1.807, 2.05) is 12.1 Å². The molecular formula is C17H23ClN2O. The van der Waals surface area contributed by atoms with E-state index in [-0.39, 0.29) is 0 Å². The van der Waals surface area contributed by atoms with Crippen molar-refractivity contribution in [2.24, 2.45) is 11.8 Å². The molecule has 114 valence electrons. The minimum Gasteiger partial charge on any atom is -0.491 e. The first-order valence-electron chi connectivity index (χ1n) is 7.91. The van der Waals surface area contributed by atoms with Crippen molar-refractivity contribution >= 4 is 22.6 Å². The minimum atomic E-state index is 0.444. The van der Waals surface area contributed by atoms with Crippen LogP contribution in [0.1, 0.15) is 38.9 Å². The van der Waals surface area contributed by atoms with Crippen molar-refractivity contribution in [3.8, 4) is 5.75 Å². The Balaban J connectivity index is 1.97. The fourth-order valence-electron chi connectivity index (χ4n) is 2.91. The summed E-state index contributed by atoms with van der Waals surface area (Å²) in [5.74, 6) is 3.83. The zero-order valence-corrected chi connectivity index (χ0v) is 13.6. The van der Waals surface area contributed by atoms with Crippen molar-refractivity contribution in [3.63, 3.8) is 0 Å². The Kier molecular flexibility index (Phi) is 4.39. The quantitative estimate of drug-likeness (QED) is 0.698. The molecule has 0 spiro atoms. The second-order valence-electron chi connectivity index (χ2n) is 6.06. The number of fused-ring (bicyclic) bond motifs is 1. The zero-order valence-electron chi connectivity index (χ0n) is 12.8. The molecule has 1 unspecified atom stereocenters. The molecule has 4 heteroatoms. The second-order valence-corrected chi connectivity index (χ2v) is 6.33. The minimum absolute atomic E-state index is 0.444. The molecule has 1 aromatic heterocycles. The topological polar surface area (TPSA) is 27.1 Å². The average Bonchev–Trinajstić information content (AvgIpc) is 3.29. The maximum absolute atomic E-state index is 6.11. The van der Waals surface area contributed by atoms with Crippen LogP contribution in [0.4, 0.5) is 0 Å². The predicted molar refractivity (Wildman–Crippen MR) is 87.0 cm³/mol. The van der Waals surface area contributed by atoms with Crippen molar-refractivity contribution in [1.82, 2.24) is 9.55 Å². The van der Waals surface area contributed by atoms with Gasteiger partial charge in [-0.05, 0) is 43.2 Å². The van der Waals surface area contributed by atoms with Crippen LogP contribution in [0, 0.1) is 11.8 Å². The van der Waals surface area contributed by atoms with Gasteiger partial charge in [0.2, 0.25) is 0 Å². The Morgan fingerprint density at radius 1 is 1.43 bits per heavy atom. The molecule has 1 heterocycles. The molecule has 0 N–H and O–H groups in total. The Morgan fingerprint density at radius 3 is 2.90 bits per heavy atom. The molecule has 3 rings (SSSR count). The molecular weight excluding hydrogens is 284 g/mol. The Hall–Kier alpha value is -1.22. The number of imidazole rings is 1. The molecule has 0 amide bonds. The lowest BCUT2D eigenvalue weighted by atomic mass is 10.1. The zero-order chi connectivity index (χ0) is 14.8. The lowest BCUT2D eigenvalue weighted by molar-refractivity contribution is 0.320. The predicted octanol–water partition coefficient (Wildman–Crippen LogP) is 4.61. The smallest absolute Gasteiger partial charge is 0.147 e.